The van der Waals surface area contributed by atoms with Gasteiger partial charge in [0, 0.05) is 30.1 Å². The molecule has 1 atom stereocenters. The minimum atomic E-state index is -0.303. The quantitative estimate of drug-likeness (QED) is 0.612. The van der Waals surface area contributed by atoms with Crippen LogP contribution in [0.4, 0.5) is 4.79 Å². The number of hydrogen-bond acceptors (Lipinski definition) is 6. The zero-order valence-electron chi connectivity index (χ0n) is 17.4. The largest absolute Gasteiger partial charge is 0.497 e. The highest BCUT2D eigenvalue weighted by Crippen LogP contribution is 2.24. The lowest BCUT2D eigenvalue weighted by atomic mass is 10.0. The molecule has 2 saturated heterocycles. The highest BCUT2D eigenvalue weighted by Gasteiger charge is 2.38. The minimum absolute atomic E-state index is 0.0154. The van der Waals surface area contributed by atoms with Crippen molar-refractivity contribution in [3.05, 3.63) is 52.7 Å². The highest BCUT2D eigenvalue weighted by atomic mass is 32.1. The van der Waals surface area contributed by atoms with Gasteiger partial charge in [-0.1, -0.05) is 6.07 Å². The summed E-state index contributed by atoms with van der Waals surface area (Å²) in [7, 11) is 1.62. The Bertz CT molecular complexity index is 905. The van der Waals surface area contributed by atoms with Gasteiger partial charge < -0.3 is 24.0 Å². The Balaban J connectivity index is 1.23. The number of thiophene rings is 1. The van der Waals surface area contributed by atoms with Gasteiger partial charge in [-0.05, 0) is 54.6 Å². The second-order valence-electron chi connectivity index (χ2n) is 7.55. The van der Waals surface area contributed by atoms with Crippen LogP contribution >= 0.6 is 11.3 Å². The molecule has 2 amide bonds. The predicted octanol–water partition coefficient (Wildman–Crippen LogP) is 3.66. The molecule has 2 aliphatic rings. The number of benzene rings is 1. The Kier molecular flexibility index (Phi) is 6.76. The van der Waals surface area contributed by atoms with Gasteiger partial charge in [-0.15, -0.1) is 11.3 Å². The Morgan fingerprint density at radius 2 is 1.94 bits per heavy atom. The van der Waals surface area contributed by atoms with Crippen LogP contribution in [0, 0.1) is 0 Å². The number of nitrogens with zero attached hydrogens (tertiary/aromatic N) is 2. The molecule has 1 aromatic carbocycles. The van der Waals surface area contributed by atoms with E-state index in [0.29, 0.717) is 32.0 Å². The second kappa shape index (κ2) is 9.87. The number of piperidine rings is 1. The maximum Gasteiger partial charge on any atom is 0.410 e. The third-order valence-corrected chi connectivity index (χ3v) is 6.39. The number of methoxy groups -OCH3 is 1. The molecule has 0 bridgehead atoms. The predicted molar refractivity (Wildman–Crippen MR) is 118 cm³/mol. The van der Waals surface area contributed by atoms with E-state index in [4.69, 9.17) is 14.2 Å². The molecule has 0 spiro atoms. The van der Waals surface area contributed by atoms with Crippen molar-refractivity contribution in [1.29, 1.82) is 0 Å². The normalized spacial score (nSPS) is 19.6. The lowest BCUT2D eigenvalue weighted by molar-refractivity contribution is -0.127. The zero-order chi connectivity index (χ0) is 21.6. The summed E-state index contributed by atoms with van der Waals surface area (Å²) in [5.41, 5.74) is 0. The average molecular weight is 443 g/mol. The zero-order valence-corrected chi connectivity index (χ0v) is 18.3. The van der Waals surface area contributed by atoms with E-state index in [2.05, 4.69) is 0 Å². The van der Waals surface area contributed by atoms with Crippen LogP contribution in [0.25, 0.3) is 6.08 Å². The average Bonchev–Trinajstić information content (AvgIpc) is 3.46. The van der Waals surface area contributed by atoms with Gasteiger partial charge in [-0.2, -0.15) is 0 Å². The van der Waals surface area contributed by atoms with Crippen LogP contribution < -0.4 is 9.47 Å². The molecule has 8 heteroatoms. The van der Waals surface area contributed by atoms with Crippen molar-refractivity contribution in [2.75, 3.05) is 33.4 Å². The van der Waals surface area contributed by atoms with Crippen molar-refractivity contribution < 1.29 is 23.8 Å². The third kappa shape index (κ3) is 5.38. The molecule has 1 aromatic heterocycles. The molecular formula is C23H26N2O5S. The van der Waals surface area contributed by atoms with Crippen molar-refractivity contribution in [3.8, 4) is 11.5 Å². The maximum absolute atomic E-state index is 12.4. The molecular weight excluding hydrogens is 416 g/mol. The number of ether oxygens (including phenoxy) is 3. The lowest BCUT2D eigenvalue weighted by Gasteiger charge is -2.35. The van der Waals surface area contributed by atoms with Gasteiger partial charge in [0.2, 0.25) is 5.91 Å². The number of carbonyl (C=O) groups is 2. The molecule has 2 fully saturated rings. The van der Waals surface area contributed by atoms with Gasteiger partial charge >= 0.3 is 6.09 Å². The van der Waals surface area contributed by atoms with Gasteiger partial charge in [0.15, 0.2) is 6.10 Å². The Labute approximate surface area is 185 Å². The monoisotopic (exact) mass is 442 g/mol. The standard InChI is InChI=1S/C23H26N2O5S/c1-28-18-4-6-19(7-5-18)29-16-20-15-25(23(27)30-20)17-10-12-24(13-11-17)22(26)9-8-21-3-2-14-31-21/h2-9,14,17,20H,10-13,15-16H2,1H3. The van der Waals surface area contributed by atoms with Crippen LogP contribution in [0.5, 0.6) is 11.5 Å². The first-order valence-electron chi connectivity index (χ1n) is 10.4. The molecule has 0 saturated carbocycles. The van der Waals surface area contributed by atoms with Gasteiger partial charge in [0.05, 0.1) is 13.7 Å². The van der Waals surface area contributed by atoms with Crippen LogP contribution in [0.15, 0.2) is 47.9 Å². The van der Waals surface area contributed by atoms with Crippen molar-refractivity contribution in [1.82, 2.24) is 9.80 Å². The number of likely N-dealkylation sites (tertiary alicyclic amines) is 1. The fourth-order valence-electron chi connectivity index (χ4n) is 3.83. The lowest BCUT2D eigenvalue weighted by Crippen LogP contribution is -2.47. The summed E-state index contributed by atoms with van der Waals surface area (Å²) in [5, 5.41) is 1.99. The van der Waals surface area contributed by atoms with E-state index < -0.39 is 0 Å². The molecule has 1 unspecified atom stereocenters. The second-order valence-corrected chi connectivity index (χ2v) is 8.53. The minimum Gasteiger partial charge on any atom is -0.497 e. The van der Waals surface area contributed by atoms with Gasteiger partial charge in [0.1, 0.15) is 18.1 Å². The van der Waals surface area contributed by atoms with E-state index in [9.17, 15) is 9.59 Å². The molecule has 0 N–H and O–H groups in total. The van der Waals surface area contributed by atoms with Crippen LogP contribution in [-0.2, 0) is 9.53 Å². The van der Waals surface area contributed by atoms with E-state index in [0.717, 1.165) is 23.5 Å². The Morgan fingerprint density at radius 3 is 2.61 bits per heavy atom. The topological polar surface area (TPSA) is 68.3 Å². The summed E-state index contributed by atoms with van der Waals surface area (Å²) in [6, 6.07) is 11.3. The fourth-order valence-corrected chi connectivity index (χ4v) is 4.45. The van der Waals surface area contributed by atoms with Gasteiger partial charge in [0.25, 0.3) is 0 Å². The summed E-state index contributed by atoms with van der Waals surface area (Å²) in [6.07, 6.45) is 4.38. The summed E-state index contributed by atoms with van der Waals surface area (Å²) in [6.45, 7) is 2.08. The number of hydrogen-bond donors (Lipinski definition) is 0. The van der Waals surface area contributed by atoms with E-state index in [1.165, 1.54) is 0 Å². The Morgan fingerprint density at radius 1 is 1.19 bits per heavy atom. The first-order valence-corrected chi connectivity index (χ1v) is 11.2. The van der Waals surface area contributed by atoms with E-state index in [-0.39, 0.29) is 24.1 Å². The van der Waals surface area contributed by atoms with Crippen molar-refractivity contribution in [2.24, 2.45) is 0 Å². The van der Waals surface area contributed by atoms with Gasteiger partial charge in [-0.25, -0.2) is 4.79 Å². The Hall–Kier alpha value is -3.00. The van der Waals surface area contributed by atoms with E-state index >= 15 is 0 Å². The van der Waals surface area contributed by atoms with Crippen molar-refractivity contribution in [2.45, 2.75) is 25.0 Å². The summed E-state index contributed by atoms with van der Waals surface area (Å²) < 4.78 is 16.4. The summed E-state index contributed by atoms with van der Waals surface area (Å²) in [4.78, 5) is 29.5. The molecule has 7 nitrogen and oxygen atoms in total. The fraction of sp³-hybridized carbons (Fsp3) is 0.391. The molecule has 4 rings (SSSR count). The first-order chi connectivity index (χ1) is 15.1. The number of cyclic esters (lactones) is 1. The molecule has 164 valence electrons. The molecule has 31 heavy (non-hydrogen) atoms. The van der Waals surface area contributed by atoms with Crippen LogP contribution in [-0.4, -0.2) is 67.3 Å². The third-order valence-electron chi connectivity index (χ3n) is 5.55. The van der Waals surface area contributed by atoms with Gasteiger partial charge in [-0.3, -0.25) is 4.79 Å². The smallest absolute Gasteiger partial charge is 0.410 e. The molecule has 2 aliphatic heterocycles. The molecule has 0 radical (unpaired) electrons. The number of amides is 2. The SMILES string of the molecule is COc1ccc(OCC2CN(C3CCN(C(=O)C=Cc4cccs4)CC3)C(=O)O2)cc1. The number of rotatable bonds is 7. The van der Waals surface area contributed by atoms with E-state index in [1.54, 1.807) is 29.4 Å². The highest BCUT2D eigenvalue weighted by molar-refractivity contribution is 7.10. The van der Waals surface area contributed by atoms with Crippen LogP contribution in [0.1, 0.15) is 17.7 Å². The summed E-state index contributed by atoms with van der Waals surface area (Å²) in [5.74, 6) is 1.48. The maximum atomic E-state index is 12.4. The van der Waals surface area contributed by atoms with Crippen LogP contribution in [0.2, 0.25) is 0 Å². The van der Waals surface area contributed by atoms with Crippen molar-refractivity contribution >= 4 is 29.4 Å². The molecule has 0 aliphatic carbocycles. The molecule has 2 aromatic rings. The molecule has 3 heterocycles. The summed E-state index contributed by atoms with van der Waals surface area (Å²) >= 11 is 1.60. The number of carbonyl (C=O) groups excluding carboxylic acids is 2. The van der Waals surface area contributed by atoms with Crippen molar-refractivity contribution in [3.63, 3.8) is 0 Å². The van der Waals surface area contributed by atoms with Crippen LogP contribution in [0.3, 0.4) is 0 Å². The van der Waals surface area contributed by atoms with E-state index in [1.807, 2.05) is 52.8 Å². The first kappa shape index (κ1) is 21.2.